The summed E-state index contributed by atoms with van der Waals surface area (Å²) in [5, 5.41) is 3.46. The molecule has 9 heteroatoms. The molecule has 0 atom stereocenters. The predicted octanol–water partition coefficient (Wildman–Crippen LogP) is 3.63. The van der Waals surface area contributed by atoms with E-state index >= 15 is 0 Å². The fourth-order valence-corrected chi connectivity index (χ4v) is 4.66. The first kappa shape index (κ1) is 21.4. The molecule has 29 heavy (non-hydrogen) atoms. The molecule has 2 N–H and O–H groups in total. The summed E-state index contributed by atoms with van der Waals surface area (Å²) in [6.07, 6.45) is 1.08. The average Bonchev–Trinajstić information content (AvgIpc) is 2.71. The molecule has 7 nitrogen and oxygen atoms in total. The molecule has 0 aromatic heterocycles. The average molecular weight is 438 g/mol. The predicted molar refractivity (Wildman–Crippen MR) is 113 cm³/mol. The summed E-state index contributed by atoms with van der Waals surface area (Å²) in [6, 6.07) is 11.2. The Morgan fingerprint density at radius 2 is 1.79 bits per heavy atom. The molecule has 1 heterocycles. The second-order valence-corrected chi connectivity index (χ2v) is 9.02. The highest BCUT2D eigenvalue weighted by atomic mass is 35.5. The Balaban J connectivity index is 1.55. The topological polar surface area (TPSA) is 87.7 Å². The van der Waals surface area contributed by atoms with E-state index in [2.05, 4.69) is 10.0 Å². The van der Waals surface area contributed by atoms with Gasteiger partial charge in [-0.05, 0) is 61.7 Å². The number of anilines is 1. The SMILES string of the molecule is COc1ccc(S(=O)(=O)NC2CCN(C(=O)Nc3cccc(Cl)c3C)CC2)cc1. The lowest BCUT2D eigenvalue weighted by Crippen LogP contribution is -2.47. The number of carbonyl (C=O) groups excluding carboxylic acids is 1. The van der Waals surface area contributed by atoms with Crippen LogP contribution in [-0.2, 0) is 10.0 Å². The lowest BCUT2D eigenvalue weighted by atomic mass is 10.1. The van der Waals surface area contributed by atoms with E-state index in [0.29, 0.717) is 42.4 Å². The van der Waals surface area contributed by atoms with E-state index in [9.17, 15) is 13.2 Å². The van der Waals surface area contributed by atoms with Crippen LogP contribution in [0.15, 0.2) is 47.4 Å². The minimum atomic E-state index is -3.62. The summed E-state index contributed by atoms with van der Waals surface area (Å²) in [6.45, 7) is 2.76. The number of nitrogens with one attached hydrogen (secondary N) is 2. The molecule has 0 bridgehead atoms. The molecule has 0 aliphatic carbocycles. The van der Waals surface area contributed by atoms with Crippen molar-refractivity contribution in [1.82, 2.24) is 9.62 Å². The summed E-state index contributed by atoms with van der Waals surface area (Å²) >= 11 is 6.09. The lowest BCUT2D eigenvalue weighted by molar-refractivity contribution is 0.193. The van der Waals surface area contributed by atoms with E-state index in [1.165, 1.54) is 19.2 Å². The molecule has 2 aromatic carbocycles. The number of piperidine rings is 1. The van der Waals surface area contributed by atoms with Gasteiger partial charge in [-0.15, -0.1) is 0 Å². The summed E-state index contributed by atoms with van der Waals surface area (Å²) in [5.74, 6) is 0.596. The third kappa shape index (κ3) is 5.20. The third-order valence-corrected chi connectivity index (χ3v) is 6.93. The number of amides is 2. The normalized spacial score (nSPS) is 15.2. The van der Waals surface area contributed by atoms with Crippen LogP contribution in [0.5, 0.6) is 5.75 Å². The molecule has 0 spiro atoms. The van der Waals surface area contributed by atoms with E-state index in [0.717, 1.165) is 5.56 Å². The van der Waals surface area contributed by atoms with Crippen molar-refractivity contribution in [3.05, 3.63) is 53.1 Å². The molecule has 0 radical (unpaired) electrons. The first-order valence-electron chi connectivity index (χ1n) is 9.27. The van der Waals surface area contributed by atoms with Crippen LogP contribution in [-0.4, -0.2) is 45.6 Å². The number of rotatable bonds is 5. The number of nitrogens with zero attached hydrogens (tertiary/aromatic N) is 1. The highest BCUT2D eigenvalue weighted by molar-refractivity contribution is 7.89. The van der Waals surface area contributed by atoms with Crippen molar-refractivity contribution in [1.29, 1.82) is 0 Å². The molecule has 1 aliphatic rings. The van der Waals surface area contributed by atoms with E-state index in [4.69, 9.17) is 16.3 Å². The summed E-state index contributed by atoms with van der Waals surface area (Å²) in [7, 11) is -2.09. The van der Waals surface area contributed by atoms with Crippen molar-refractivity contribution in [2.75, 3.05) is 25.5 Å². The molecule has 1 fully saturated rings. The summed E-state index contributed by atoms with van der Waals surface area (Å²) in [5.41, 5.74) is 1.48. The van der Waals surface area contributed by atoms with Gasteiger partial charge in [0.25, 0.3) is 0 Å². The summed E-state index contributed by atoms with van der Waals surface area (Å²) < 4.78 is 32.9. The van der Waals surface area contributed by atoms with Crippen molar-refractivity contribution in [3.8, 4) is 5.75 Å². The molecule has 2 aromatic rings. The highest BCUT2D eigenvalue weighted by Gasteiger charge is 2.27. The maximum Gasteiger partial charge on any atom is 0.321 e. The molecule has 1 saturated heterocycles. The van der Waals surface area contributed by atoms with Crippen LogP contribution in [0.2, 0.25) is 5.02 Å². The quantitative estimate of drug-likeness (QED) is 0.747. The van der Waals surface area contributed by atoms with Crippen LogP contribution in [0.25, 0.3) is 0 Å². The Bertz CT molecular complexity index is 972. The summed E-state index contributed by atoms with van der Waals surface area (Å²) in [4.78, 5) is 14.4. The zero-order chi connectivity index (χ0) is 21.0. The van der Waals surface area contributed by atoms with Crippen LogP contribution < -0.4 is 14.8 Å². The van der Waals surface area contributed by atoms with Gasteiger partial charge in [-0.2, -0.15) is 0 Å². The van der Waals surface area contributed by atoms with Gasteiger partial charge in [0.2, 0.25) is 10.0 Å². The van der Waals surface area contributed by atoms with Gasteiger partial charge in [0, 0.05) is 29.8 Å². The molecular formula is C20H24ClN3O4S. The third-order valence-electron chi connectivity index (χ3n) is 4.98. The van der Waals surface area contributed by atoms with Crippen molar-refractivity contribution in [2.45, 2.75) is 30.7 Å². The van der Waals surface area contributed by atoms with Crippen LogP contribution in [0, 0.1) is 6.92 Å². The Hall–Kier alpha value is -2.29. The maximum atomic E-state index is 12.6. The minimum Gasteiger partial charge on any atom is -0.497 e. The second-order valence-electron chi connectivity index (χ2n) is 6.90. The molecule has 3 rings (SSSR count). The lowest BCUT2D eigenvalue weighted by Gasteiger charge is -2.32. The van der Waals surface area contributed by atoms with Crippen LogP contribution in [0.1, 0.15) is 18.4 Å². The number of sulfonamides is 1. The molecule has 156 valence electrons. The largest absolute Gasteiger partial charge is 0.497 e. The number of halogens is 1. The fraction of sp³-hybridized carbons (Fsp3) is 0.350. The first-order valence-corrected chi connectivity index (χ1v) is 11.1. The number of hydrogen-bond acceptors (Lipinski definition) is 4. The zero-order valence-electron chi connectivity index (χ0n) is 16.3. The van der Waals surface area contributed by atoms with Gasteiger partial charge in [0.05, 0.1) is 12.0 Å². The van der Waals surface area contributed by atoms with Crippen molar-refractivity contribution >= 4 is 33.3 Å². The Morgan fingerprint density at radius 1 is 1.14 bits per heavy atom. The Kier molecular flexibility index (Phi) is 6.66. The number of urea groups is 1. The van der Waals surface area contributed by atoms with Crippen LogP contribution >= 0.6 is 11.6 Å². The van der Waals surface area contributed by atoms with Gasteiger partial charge < -0.3 is 15.0 Å². The van der Waals surface area contributed by atoms with Crippen molar-refractivity contribution < 1.29 is 17.9 Å². The van der Waals surface area contributed by atoms with Gasteiger partial charge in [0.15, 0.2) is 0 Å². The smallest absolute Gasteiger partial charge is 0.321 e. The van der Waals surface area contributed by atoms with Crippen molar-refractivity contribution in [2.24, 2.45) is 0 Å². The van der Waals surface area contributed by atoms with Gasteiger partial charge >= 0.3 is 6.03 Å². The molecule has 2 amide bonds. The molecular weight excluding hydrogens is 414 g/mol. The van der Waals surface area contributed by atoms with Gasteiger partial charge in [-0.1, -0.05) is 17.7 Å². The van der Waals surface area contributed by atoms with E-state index in [1.807, 2.05) is 6.92 Å². The van der Waals surface area contributed by atoms with Crippen LogP contribution in [0.3, 0.4) is 0 Å². The van der Waals surface area contributed by atoms with Gasteiger partial charge in [-0.3, -0.25) is 0 Å². The molecule has 0 unspecified atom stereocenters. The number of likely N-dealkylation sites (tertiary alicyclic amines) is 1. The number of methoxy groups -OCH3 is 1. The van der Waals surface area contributed by atoms with Gasteiger partial charge in [-0.25, -0.2) is 17.9 Å². The standard InChI is InChI=1S/C20H24ClN3O4S/c1-14-18(21)4-3-5-19(14)22-20(25)24-12-10-15(11-13-24)23-29(26,27)17-8-6-16(28-2)7-9-17/h3-9,15,23H,10-13H2,1-2H3,(H,22,25). The van der Waals surface area contributed by atoms with E-state index in [1.54, 1.807) is 35.2 Å². The first-order chi connectivity index (χ1) is 13.8. The number of hydrogen-bond donors (Lipinski definition) is 2. The van der Waals surface area contributed by atoms with Gasteiger partial charge in [0.1, 0.15) is 5.75 Å². The Morgan fingerprint density at radius 3 is 2.41 bits per heavy atom. The van der Waals surface area contributed by atoms with E-state index < -0.39 is 10.0 Å². The minimum absolute atomic E-state index is 0.190. The number of ether oxygens (including phenoxy) is 1. The fourth-order valence-electron chi connectivity index (χ4n) is 3.18. The zero-order valence-corrected chi connectivity index (χ0v) is 17.9. The maximum absolute atomic E-state index is 12.6. The van der Waals surface area contributed by atoms with Crippen molar-refractivity contribution in [3.63, 3.8) is 0 Å². The molecule has 0 saturated carbocycles. The van der Waals surface area contributed by atoms with E-state index in [-0.39, 0.29) is 17.0 Å². The Labute approximate surface area is 176 Å². The molecule has 1 aliphatic heterocycles. The number of benzene rings is 2. The monoisotopic (exact) mass is 437 g/mol. The number of carbonyl (C=O) groups is 1. The highest BCUT2D eigenvalue weighted by Crippen LogP contribution is 2.24. The second kappa shape index (κ2) is 9.02. The van der Waals surface area contributed by atoms with Crippen LogP contribution in [0.4, 0.5) is 10.5 Å².